The third kappa shape index (κ3) is 3.60. The number of imide groups is 1. The van der Waals surface area contributed by atoms with Crippen LogP contribution in [0.4, 0.5) is 4.79 Å². The van der Waals surface area contributed by atoms with E-state index < -0.39 is 11.6 Å². The van der Waals surface area contributed by atoms with Gasteiger partial charge in [0.2, 0.25) is 11.8 Å². The highest BCUT2D eigenvalue weighted by molar-refractivity contribution is 5.99. The van der Waals surface area contributed by atoms with E-state index in [0.717, 1.165) is 11.3 Å². The predicted molar refractivity (Wildman–Crippen MR) is 88.9 cm³/mol. The summed E-state index contributed by atoms with van der Waals surface area (Å²) in [5.74, 6) is 0.559. The van der Waals surface area contributed by atoms with Gasteiger partial charge in [-0.3, -0.25) is 14.5 Å². The number of hydrogen-bond acceptors (Lipinski definition) is 5. The molecule has 2 saturated heterocycles. The van der Waals surface area contributed by atoms with E-state index in [1.165, 1.54) is 4.90 Å². The van der Waals surface area contributed by atoms with Crippen LogP contribution in [0, 0.1) is 0 Å². The summed E-state index contributed by atoms with van der Waals surface area (Å²) in [4.78, 5) is 37.0. The molecule has 0 saturated carbocycles. The van der Waals surface area contributed by atoms with Crippen molar-refractivity contribution in [2.45, 2.75) is 44.2 Å². The van der Waals surface area contributed by atoms with Crippen LogP contribution in [-0.4, -0.2) is 42.0 Å². The number of nitrogens with zero attached hydrogens (tertiary/aromatic N) is 1. The van der Waals surface area contributed by atoms with Crippen molar-refractivity contribution in [3.8, 4) is 5.75 Å². The molecular weight excluding hydrogens is 324 g/mol. The first-order chi connectivity index (χ1) is 12.0. The molecule has 134 valence electrons. The van der Waals surface area contributed by atoms with Crippen LogP contribution in [0.25, 0.3) is 0 Å². The van der Waals surface area contributed by atoms with Gasteiger partial charge < -0.3 is 14.8 Å². The number of benzene rings is 1. The van der Waals surface area contributed by atoms with E-state index in [4.69, 9.17) is 9.47 Å². The third-order valence-corrected chi connectivity index (χ3v) is 4.97. The van der Waals surface area contributed by atoms with Gasteiger partial charge in [-0.05, 0) is 37.0 Å². The van der Waals surface area contributed by atoms with Crippen LogP contribution in [-0.2, 0) is 20.9 Å². The predicted octanol–water partition coefficient (Wildman–Crippen LogP) is 1.99. The van der Waals surface area contributed by atoms with Gasteiger partial charge in [-0.25, -0.2) is 4.79 Å². The fourth-order valence-electron chi connectivity index (χ4n) is 3.60. The summed E-state index contributed by atoms with van der Waals surface area (Å²) in [6.07, 6.45) is 2.25. The van der Waals surface area contributed by atoms with E-state index in [9.17, 15) is 14.4 Å². The van der Waals surface area contributed by atoms with Gasteiger partial charge >= 0.3 is 6.09 Å². The number of methoxy groups -OCH3 is 1. The Bertz CT molecular complexity index is 651. The molecule has 7 heteroatoms. The van der Waals surface area contributed by atoms with Crippen molar-refractivity contribution in [3.63, 3.8) is 0 Å². The van der Waals surface area contributed by atoms with Gasteiger partial charge in [-0.1, -0.05) is 12.1 Å². The molecular formula is C18H22N2O5. The summed E-state index contributed by atoms with van der Waals surface area (Å²) in [7, 11) is 1.59. The number of carbonyl (C=O) groups is 3. The Kier molecular flexibility index (Phi) is 4.92. The van der Waals surface area contributed by atoms with Gasteiger partial charge in [0.1, 0.15) is 12.4 Å². The molecule has 0 aliphatic carbocycles. The highest BCUT2D eigenvalue weighted by Gasteiger charge is 2.52. The highest BCUT2D eigenvalue weighted by atomic mass is 16.5. The number of nitrogens with one attached hydrogen (secondary N) is 1. The molecule has 2 heterocycles. The molecule has 1 aromatic carbocycles. The van der Waals surface area contributed by atoms with Crippen molar-refractivity contribution in [3.05, 3.63) is 29.8 Å². The molecule has 3 rings (SSSR count). The van der Waals surface area contributed by atoms with Crippen LogP contribution in [0.15, 0.2) is 24.3 Å². The topological polar surface area (TPSA) is 84.9 Å². The summed E-state index contributed by atoms with van der Waals surface area (Å²) in [6.45, 7) is 0.544. The lowest BCUT2D eigenvalue weighted by molar-refractivity contribution is -0.142. The van der Waals surface area contributed by atoms with Crippen molar-refractivity contribution in [1.82, 2.24) is 10.2 Å². The normalized spacial score (nSPS) is 18.2. The van der Waals surface area contributed by atoms with Gasteiger partial charge in [0.15, 0.2) is 0 Å². The minimum atomic E-state index is -0.507. The molecule has 2 aliphatic rings. The molecule has 0 atom stereocenters. The number of hydrogen-bond donors (Lipinski definition) is 1. The fourth-order valence-corrected chi connectivity index (χ4v) is 3.60. The number of alkyl carbamates (subject to hydrolysis) is 1. The van der Waals surface area contributed by atoms with E-state index in [0.29, 0.717) is 38.6 Å². The summed E-state index contributed by atoms with van der Waals surface area (Å²) < 4.78 is 10.3. The monoisotopic (exact) mass is 346 g/mol. The smallest absolute Gasteiger partial charge is 0.407 e. The summed E-state index contributed by atoms with van der Waals surface area (Å²) in [6, 6.07) is 7.27. The van der Waals surface area contributed by atoms with Gasteiger partial charge in [-0.2, -0.15) is 0 Å². The molecule has 0 unspecified atom stereocenters. The molecule has 0 spiro atoms. The Balaban J connectivity index is 1.43. The SMILES string of the molecule is COc1ccc(COC(=O)NCCC23CCC(=O)N2C(=O)CC3)cc1. The third-order valence-electron chi connectivity index (χ3n) is 4.97. The number of carbonyl (C=O) groups excluding carboxylic acids is 3. The van der Waals surface area contributed by atoms with Crippen molar-refractivity contribution in [2.24, 2.45) is 0 Å². The van der Waals surface area contributed by atoms with Crippen molar-refractivity contribution >= 4 is 17.9 Å². The van der Waals surface area contributed by atoms with Crippen LogP contribution in [0.2, 0.25) is 0 Å². The second-order valence-corrected chi connectivity index (χ2v) is 6.45. The van der Waals surface area contributed by atoms with Crippen LogP contribution in [0.5, 0.6) is 5.75 Å². The molecule has 0 bridgehead atoms. The van der Waals surface area contributed by atoms with Crippen molar-refractivity contribution in [2.75, 3.05) is 13.7 Å². The Hall–Kier alpha value is -2.57. The average molecular weight is 346 g/mol. The van der Waals surface area contributed by atoms with Crippen LogP contribution < -0.4 is 10.1 Å². The molecule has 2 fully saturated rings. The lowest BCUT2D eigenvalue weighted by atomic mass is 9.90. The van der Waals surface area contributed by atoms with Gasteiger partial charge in [-0.15, -0.1) is 0 Å². The number of ether oxygens (including phenoxy) is 2. The first kappa shape index (κ1) is 17.3. The number of rotatable bonds is 6. The fraction of sp³-hybridized carbons (Fsp3) is 0.500. The first-order valence-electron chi connectivity index (χ1n) is 8.43. The zero-order valence-corrected chi connectivity index (χ0v) is 14.2. The Labute approximate surface area is 146 Å². The van der Waals surface area contributed by atoms with Crippen molar-refractivity contribution in [1.29, 1.82) is 0 Å². The summed E-state index contributed by atoms with van der Waals surface area (Å²) in [5, 5.41) is 2.70. The van der Waals surface area contributed by atoms with E-state index in [1.54, 1.807) is 19.2 Å². The Morgan fingerprint density at radius 3 is 2.40 bits per heavy atom. The highest BCUT2D eigenvalue weighted by Crippen LogP contribution is 2.42. The molecule has 25 heavy (non-hydrogen) atoms. The number of amides is 3. The van der Waals surface area contributed by atoms with Gasteiger partial charge in [0, 0.05) is 19.4 Å². The average Bonchev–Trinajstić information content (AvgIpc) is 3.12. The van der Waals surface area contributed by atoms with Gasteiger partial charge in [0.25, 0.3) is 0 Å². The van der Waals surface area contributed by atoms with Gasteiger partial charge in [0.05, 0.1) is 12.6 Å². The lowest BCUT2D eigenvalue weighted by Gasteiger charge is -2.30. The largest absolute Gasteiger partial charge is 0.497 e. The summed E-state index contributed by atoms with van der Waals surface area (Å²) >= 11 is 0. The van der Waals surface area contributed by atoms with Crippen LogP contribution in [0.1, 0.15) is 37.7 Å². The molecule has 0 radical (unpaired) electrons. The molecule has 3 amide bonds. The quantitative estimate of drug-likeness (QED) is 0.796. The second-order valence-electron chi connectivity index (χ2n) is 6.45. The molecule has 1 N–H and O–H groups in total. The Morgan fingerprint density at radius 1 is 1.16 bits per heavy atom. The maximum atomic E-state index is 11.9. The van der Waals surface area contributed by atoms with E-state index in [2.05, 4.69) is 5.32 Å². The lowest BCUT2D eigenvalue weighted by Crippen LogP contribution is -2.44. The van der Waals surface area contributed by atoms with Crippen molar-refractivity contribution < 1.29 is 23.9 Å². The molecule has 2 aliphatic heterocycles. The van der Waals surface area contributed by atoms with E-state index in [1.807, 2.05) is 12.1 Å². The van der Waals surface area contributed by atoms with Crippen LogP contribution >= 0.6 is 0 Å². The Morgan fingerprint density at radius 2 is 1.80 bits per heavy atom. The zero-order chi connectivity index (χ0) is 17.9. The zero-order valence-electron chi connectivity index (χ0n) is 14.2. The maximum Gasteiger partial charge on any atom is 0.407 e. The molecule has 0 aromatic heterocycles. The van der Waals surface area contributed by atoms with E-state index >= 15 is 0 Å². The minimum Gasteiger partial charge on any atom is -0.497 e. The first-order valence-corrected chi connectivity index (χ1v) is 8.43. The maximum absolute atomic E-state index is 11.9. The molecule has 7 nitrogen and oxygen atoms in total. The standard InChI is InChI=1S/C18H22N2O5/c1-24-14-4-2-13(3-5-14)12-25-17(23)19-11-10-18-8-6-15(21)20(18)16(22)7-9-18/h2-5H,6-12H2,1H3,(H,19,23). The second kappa shape index (κ2) is 7.13. The minimum absolute atomic E-state index is 0.0930. The van der Waals surface area contributed by atoms with Crippen LogP contribution in [0.3, 0.4) is 0 Å². The molecule has 1 aromatic rings. The number of fused-ring (bicyclic) bond motifs is 1. The van der Waals surface area contributed by atoms with E-state index in [-0.39, 0.29) is 18.4 Å². The summed E-state index contributed by atoms with van der Waals surface area (Å²) in [5.41, 5.74) is 0.459.